The lowest BCUT2D eigenvalue weighted by atomic mass is 10.0. The SMILES string of the molecule is NOS(=O)(=O)c1cc(N)ccc1-c1c(N)cc(N)c(N)c1S(=O)(=O)ON. The smallest absolute Gasteiger partial charge is 0.315 e. The number of anilines is 4. The molecule has 0 aliphatic carbocycles. The topological polar surface area (TPSA) is 243 Å². The summed E-state index contributed by atoms with van der Waals surface area (Å²) in [5.74, 6) is 9.63. The molecule has 0 unspecified atom stereocenters. The molecule has 0 saturated carbocycles. The van der Waals surface area contributed by atoms with Crippen molar-refractivity contribution >= 4 is 43.0 Å². The van der Waals surface area contributed by atoms with Crippen LogP contribution in [0.5, 0.6) is 0 Å². The maximum atomic E-state index is 12.2. The lowest BCUT2D eigenvalue weighted by Crippen LogP contribution is -2.18. The molecule has 2 aromatic rings. The highest BCUT2D eigenvalue weighted by Crippen LogP contribution is 2.43. The lowest BCUT2D eigenvalue weighted by Gasteiger charge is -2.18. The summed E-state index contributed by atoms with van der Waals surface area (Å²) in [5.41, 5.74) is 21.5. The summed E-state index contributed by atoms with van der Waals surface area (Å²) in [5, 5.41) is 0. The fourth-order valence-corrected chi connectivity index (χ4v) is 4.09. The molecule has 14 heteroatoms. The first kappa shape index (κ1) is 19.7. The molecular formula is C12H16N6O6S2. The number of hydrogen-bond donors (Lipinski definition) is 6. The Kier molecular flexibility index (Phi) is 5.00. The summed E-state index contributed by atoms with van der Waals surface area (Å²) in [7, 11) is -9.14. The van der Waals surface area contributed by atoms with Crippen molar-refractivity contribution in [2.45, 2.75) is 9.79 Å². The van der Waals surface area contributed by atoms with E-state index in [1.165, 1.54) is 12.1 Å². The van der Waals surface area contributed by atoms with Crippen LogP contribution in [-0.4, -0.2) is 16.8 Å². The van der Waals surface area contributed by atoms with Gasteiger partial charge in [-0.05, 0) is 18.2 Å². The van der Waals surface area contributed by atoms with Crippen LogP contribution in [0.2, 0.25) is 0 Å². The van der Waals surface area contributed by atoms with Crippen LogP contribution in [-0.2, 0) is 28.8 Å². The number of hydrogen-bond acceptors (Lipinski definition) is 12. The van der Waals surface area contributed by atoms with Crippen LogP contribution in [0.1, 0.15) is 0 Å². The molecule has 0 aromatic heterocycles. The van der Waals surface area contributed by atoms with Crippen molar-refractivity contribution in [1.82, 2.24) is 0 Å². The summed E-state index contributed by atoms with van der Waals surface area (Å²) in [4.78, 5) is -1.26. The van der Waals surface area contributed by atoms with Gasteiger partial charge in [0.1, 0.15) is 9.79 Å². The van der Waals surface area contributed by atoms with Crippen molar-refractivity contribution in [2.75, 3.05) is 22.9 Å². The van der Waals surface area contributed by atoms with E-state index in [1.807, 2.05) is 0 Å². The molecular weight excluding hydrogens is 388 g/mol. The van der Waals surface area contributed by atoms with E-state index in [0.29, 0.717) is 0 Å². The molecule has 0 bridgehead atoms. The minimum atomic E-state index is -4.64. The van der Waals surface area contributed by atoms with Gasteiger partial charge >= 0.3 is 20.2 Å². The Bertz CT molecular complexity index is 1080. The van der Waals surface area contributed by atoms with E-state index in [1.54, 1.807) is 0 Å². The van der Waals surface area contributed by atoms with Gasteiger partial charge in [0.05, 0.1) is 11.4 Å². The van der Waals surface area contributed by atoms with E-state index in [-0.39, 0.29) is 28.2 Å². The fraction of sp³-hybridized carbons (Fsp3) is 0. The quantitative estimate of drug-likeness (QED) is 0.255. The van der Waals surface area contributed by atoms with Crippen molar-refractivity contribution in [2.24, 2.45) is 11.8 Å². The van der Waals surface area contributed by atoms with Crippen molar-refractivity contribution in [1.29, 1.82) is 0 Å². The molecule has 142 valence electrons. The van der Waals surface area contributed by atoms with Crippen LogP contribution in [0.15, 0.2) is 34.1 Å². The summed E-state index contributed by atoms with van der Waals surface area (Å²) in [6, 6.07) is 4.65. The second kappa shape index (κ2) is 6.60. The molecule has 2 rings (SSSR count). The van der Waals surface area contributed by atoms with Crippen LogP contribution < -0.4 is 34.7 Å². The lowest BCUT2D eigenvalue weighted by molar-refractivity contribution is 0.332. The first-order valence-electron chi connectivity index (χ1n) is 6.60. The zero-order valence-corrected chi connectivity index (χ0v) is 14.7. The fourth-order valence-electron chi connectivity index (χ4n) is 2.30. The minimum absolute atomic E-state index is 0.0332. The van der Waals surface area contributed by atoms with E-state index in [9.17, 15) is 16.8 Å². The third kappa shape index (κ3) is 3.24. The summed E-state index contributed by atoms with van der Waals surface area (Å²) in [6.07, 6.45) is 0. The highest BCUT2D eigenvalue weighted by molar-refractivity contribution is 7.87. The van der Waals surface area contributed by atoms with Gasteiger partial charge < -0.3 is 22.9 Å². The third-order valence-corrected chi connectivity index (χ3v) is 5.74. The Morgan fingerprint density at radius 1 is 0.769 bits per heavy atom. The molecule has 12 nitrogen and oxygen atoms in total. The van der Waals surface area contributed by atoms with Gasteiger partial charge in [0.25, 0.3) is 0 Å². The Hall–Kier alpha value is -2.62. The number of nitrogen functional groups attached to an aromatic ring is 4. The second-order valence-electron chi connectivity index (χ2n) is 5.03. The zero-order chi connectivity index (χ0) is 19.9. The van der Waals surface area contributed by atoms with Gasteiger partial charge in [-0.1, -0.05) is 6.07 Å². The maximum absolute atomic E-state index is 12.2. The molecule has 0 fully saturated rings. The number of benzene rings is 2. The van der Waals surface area contributed by atoms with Gasteiger partial charge in [0, 0.05) is 22.5 Å². The molecule has 0 heterocycles. The van der Waals surface area contributed by atoms with Gasteiger partial charge in [-0.25, -0.2) is 0 Å². The molecule has 0 aliphatic heterocycles. The molecule has 0 aliphatic rings. The molecule has 0 amide bonds. The van der Waals surface area contributed by atoms with E-state index >= 15 is 0 Å². The first-order valence-corrected chi connectivity index (χ1v) is 9.42. The average Bonchev–Trinajstić information content (AvgIpc) is 2.58. The molecule has 0 saturated heterocycles. The Morgan fingerprint density at radius 2 is 1.35 bits per heavy atom. The Labute approximate surface area is 148 Å². The maximum Gasteiger partial charge on any atom is 0.315 e. The van der Waals surface area contributed by atoms with Crippen LogP contribution >= 0.6 is 0 Å². The van der Waals surface area contributed by atoms with Crippen molar-refractivity contribution < 1.29 is 25.4 Å². The van der Waals surface area contributed by atoms with E-state index in [0.717, 1.165) is 12.1 Å². The molecule has 0 radical (unpaired) electrons. The average molecular weight is 404 g/mol. The van der Waals surface area contributed by atoms with Gasteiger partial charge in [-0.15, -0.1) is 0 Å². The van der Waals surface area contributed by atoms with E-state index in [4.69, 9.17) is 34.7 Å². The monoisotopic (exact) mass is 404 g/mol. The van der Waals surface area contributed by atoms with Crippen molar-refractivity contribution in [3.05, 3.63) is 24.3 Å². The molecule has 2 aromatic carbocycles. The first-order chi connectivity index (χ1) is 12.0. The second-order valence-corrected chi connectivity index (χ2v) is 8.08. The zero-order valence-electron chi connectivity index (χ0n) is 13.0. The predicted molar refractivity (Wildman–Crippen MR) is 94.4 cm³/mol. The molecule has 12 N–H and O–H groups in total. The highest BCUT2D eigenvalue weighted by atomic mass is 32.2. The number of rotatable bonds is 5. The largest absolute Gasteiger partial charge is 0.399 e. The van der Waals surface area contributed by atoms with Crippen LogP contribution in [0.25, 0.3) is 11.1 Å². The Balaban J connectivity index is 3.07. The van der Waals surface area contributed by atoms with Crippen molar-refractivity contribution in [3.63, 3.8) is 0 Å². The summed E-state index contributed by atoms with van der Waals surface area (Å²) in [6.45, 7) is 0. The van der Waals surface area contributed by atoms with Crippen LogP contribution in [0.3, 0.4) is 0 Å². The molecule has 26 heavy (non-hydrogen) atoms. The van der Waals surface area contributed by atoms with Crippen LogP contribution in [0, 0.1) is 0 Å². The number of nitrogens with two attached hydrogens (primary N) is 6. The van der Waals surface area contributed by atoms with Gasteiger partial charge in [-0.2, -0.15) is 37.2 Å². The van der Waals surface area contributed by atoms with Crippen LogP contribution in [0.4, 0.5) is 22.7 Å². The minimum Gasteiger partial charge on any atom is -0.399 e. The van der Waals surface area contributed by atoms with Crippen molar-refractivity contribution in [3.8, 4) is 11.1 Å². The van der Waals surface area contributed by atoms with Gasteiger partial charge in [-0.3, -0.25) is 0 Å². The summed E-state index contributed by atoms with van der Waals surface area (Å²) >= 11 is 0. The standard InChI is InChI=1S/C12H16N6O6S2/c13-5-1-2-6(9(3-5)25(19,20)23-17)10-7(14)4-8(15)11(16)12(10)26(21,22)24-18/h1-4H,13-18H2. The highest BCUT2D eigenvalue weighted by Gasteiger charge is 2.31. The van der Waals surface area contributed by atoms with E-state index in [2.05, 4.69) is 8.57 Å². The molecule has 0 spiro atoms. The van der Waals surface area contributed by atoms with Gasteiger partial charge in [0.2, 0.25) is 0 Å². The summed E-state index contributed by atoms with van der Waals surface area (Å²) < 4.78 is 56.8. The Morgan fingerprint density at radius 3 is 1.88 bits per heavy atom. The van der Waals surface area contributed by atoms with E-state index < -0.39 is 35.7 Å². The third-order valence-electron chi connectivity index (χ3n) is 3.43. The predicted octanol–water partition coefficient (Wildman–Crippen LogP) is -1.16. The normalized spacial score (nSPS) is 12.2. The van der Waals surface area contributed by atoms with Gasteiger partial charge in [0.15, 0.2) is 0 Å². The molecule has 0 atom stereocenters.